The molecule has 2 aliphatic heterocycles. The van der Waals surface area contributed by atoms with Crippen LogP contribution < -0.4 is 9.47 Å². The summed E-state index contributed by atoms with van der Waals surface area (Å²) < 4.78 is 16.1. The summed E-state index contributed by atoms with van der Waals surface area (Å²) in [6.45, 7) is 10.3. The van der Waals surface area contributed by atoms with E-state index in [9.17, 15) is 9.59 Å². The van der Waals surface area contributed by atoms with Gasteiger partial charge in [-0.15, -0.1) is 0 Å². The first-order valence-electron chi connectivity index (χ1n) is 13.9. The zero-order valence-electron chi connectivity index (χ0n) is 24.4. The number of hydrazone groups is 1. The van der Waals surface area contributed by atoms with Crippen LogP contribution in [0.2, 0.25) is 0 Å². The van der Waals surface area contributed by atoms with Crippen molar-refractivity contribution in [3.63, 3.8) is 0 Å². The maximum Gasteiger partial charge on any atom is 0.262 e. The summed E-state index contributed by atoms with van der Waals surface area (Å²) >= 11 is 0. The van der Waals surface area contributed by atoms with Crippen molar-refractivity contribution in [1.29, 1.82) is 0 Å². The highest BCUT2D eigenvalue weighted by molar-refractivity contribution is 6.03. The highest BCUT2D eigenvalue weighted by Gasteiger charge is 2.35. The van der Waals surface area contributed by atoms with E-state index in [0.717, 1.165) is 41.4 Å². The number of rotatable bonds is 10. The SMILES string of the molecule is COc1ccc(C2=NN(C(=O)CN(CCN3CCOCC3)C(=O)CC(C)(C)C)[C@H](c3ccc(OC)cc3)C2)cc1. The third-order valence-corrected chi connectivity index (χ3v) is 7.24. The van der Waals surface area contributed by atoms with Crippen LogP contribution in [0.4, 0.5) is 0 Å². The minimum absolute atomic E-state index is 0.0198. The molecule has 4 rings (SSSR count). The number of nitrogens with zero attached hydrogens (tertiary/aromatic N) is 4. The molecule has 0 saturated carbocycles. The molecule has 9 heteroatoms. The number of ether oxygens (including phenoxy) is 3. The Kier molecular flexibility index (Phi) is 9.81. The van der Waals surface area contributed by atoms with Crippen molar-refractivity contribution in [2.24, 2.45) is 10.5 Å². The summed E-state index contributed by atoms with van der Waals surface area (Å²) in [6, 6.07) is 15.1. The van der Waals surface area contributed by atoms with Gasteiger partial charge in [-0.3, -0.25) is 14.5 Å². The lowest BCUT2D eigenvalue weighted by Gasteiger charge is -2.32. The molecular weight excluding hydrogens is 508 g/mol. The van der Waals surface area contributed by atoms with E-state index >= 15 is 0 Å². The van der Waals surface area contributed by atoms with Gasteiger partial charge in [-0.05, 0) is 52.9 Å². The Morgan fingerprint density at radius 3 is 2.15 bits per heavy atom. The molecule has 0 aliphatic carbocycles. The predicted molar refractivity (Wildman–Crippen MR) is 155 cm³/mol. The van der Waals surface area contributed by atoms with Crippen LogP contribution in [0.15, 0.2) is 53.6 Å². The van der Waals surface area contributed by atoms with Crippen molar-refractivity contribution in [3.8, 4) is 11.5 Å². The van der Waals surface area contributed by atoms with E-state index < -0.39 is 0 Å². The minimum Gasteiger partial charge on any atom is -0.497 e. The second-order valence-electron chi connectivity index (χ2n) is 11.5. The van der Waals surface area contributed by atoms with E-state index in [1.165, 1.54) is 0 Å². The molecule has 216 valence electrons. The standard InChI is InChI=1S/C31H42N4O5/c1-31(2,3)21-29(36)34(15-14-33-16-18-40-19-17-33)22-30(37)35-28(24-8-12-26(39-5)13-9-24)20-27(32-35)23-6-10-25(38-4)11-7-23/h6-13,28H,14-22H2,1-5H3/t28-/m0/s1. The van der Waals surface area contributed by atoms with Crippen LogP contribution in [-0.2, 0) is 14.3 Å². The fourth-order valence-electron chi connectivity index (χ4n) is 4.96. The van der Waals surface area contributed by atoms with E-state index in [-0.39, 0.29) is 29.8 Å². The first-order chi connectivity index (χ1) is 19.2. The quantitative estimate of drug-likeness (QED) is 0.445. The molecule has 2 amide bonds. The number of morpholine rings is 1. The highest BCUT2D eigenvalue weighted by atomic mass is 16.5. The molecule has 0 spiro atoms. The monoisotopic (exact) mass is 550 g/mol. The Labute approximate surface area is 237 Å². The molecule has 2 aromatic carbocycles. The van der Waals surface area contributed by atoms with Gasteiger partial charge in [0.1, 0.15) is 18.0 Å². The first kappa shape index (κ1) is 29.6. The van der Waals surface area contributed by atoms with Crippen molar-refractivity contribution in [1.82, 2.24) is 14.8 Å². The first-order valence-corrected chi connectivity index (χ1v) is 13.9. The van der Waals surface area contributed by atoms with Gasteiger partial charge in [-0.25, -0.2) is 5.01 Å². The fourth-order valence-corrected chi connectivity index (χ4v) is 4.96. The lowest BCUT2D eigenvalue weighted by Crippen LogP contribution is -2.47. The molecule has 2 aliphatic rings. The number of hydrogen-bond acceptors (Lipinski definition) is 7. The maximum atomic E-state index is 13.9. The molecule has 1 atom stereocenters. The molecule has 2 heterocycles. The number of carbonyl (C=O) groups excluding carboxylic acids is 2. The van der Waals surface area contributed by atoms with Gasteiger partial charge in [0.05, 0.1) is 39.2 Å². The van der Waals surface area contributed by atoms with E-state index in [0.29, 0.717) is 39.1 Å². The van der Waals surface area contributed by atoms with Crippen LogP contribution in [0.1, 0.15) is 50.8 Å². The summed E-state index contributed by atoms with van der Waals surface area (Å²) in [4.78, 5) is 31.3. The second-order valence-corrected chi connectivity index (χ2v) is 11.5. The highest BCUT2D eigenvalue weighted by Crippen LogP contribution is 2.34. The third kappa shape index (κ3) is 7.82. The Morgan fingerprint density at radius 1 is 0.975 bits per heavy atom. The van der Waals surface area contributed by atoms with Crippen LogP contribution in [-0.4, -0.2) is 92.5 Å². The van der Waals surface area contributed by atoms with E-state index in [1.807, 2.05) is 69.3 Å². The summed E-state index contributed by atoms with van der Waals surface area (Å²) in [6.07, 6.45) is 0.930. The van der Waals surface area contributed by atoms with Crippen LogP contribution in [0.3, 0.4) is 0 Å². The molecular formula is C31H42N4O5. The summed E-state index contributed by atoms with van der Waals surface area (Å²) in [5, 5.41) is 6.38. The average molecular weight is 551 g/mol. The van der Waals surface area contributed by atoms with Crippen molar-refractivity contribution in [2.45, 2.75) is 39.7 Å². The largest absolute Gasteiger partial charge is 0.497 e. The Bertz CT molecular complexity index is 1170. The average Bonchev–Trinajstić information content (AvgIpc) is 3.40. The maximum absolute atomic E-state index is 13.9. The number of methoxy groups -OCH3 is 2. The normalized spacial score (nSPS) is 17.9. The molecule has 9 nitrogen and oxygen atoms in total. The number of benzene rings is 2. The van der Waals surface area contributed by atoms with Crippen LogP contribution >= 0.6 is 0 Å². The molecule has 40 heavy (non-hydrogen) atoms. The van der Waals surface area contributed by atoms with Gasteiger partial charge in [0.15, 0.2) is 0 Å². The summed E-state index contributed by atoms with van der Waals surface area (Å²) in [5.74, 6) is 1.29. The van der Waals surface area contributed by atoms with E-state index in [2.05, 4.69) is 4.90 Å². The molecule has 0 aromatic heterocycles. The molecule has 2 aromatic rings. The van der Waals surface area contributed by atoms with Crippen LogP contribution in [0, 0.1) is 5.41 Å². The van der Waals surface area contributed by atoms with Crippen molar-refractivity contribution < 1.29 is 23.8 Å². The summed E-state index contributed by atoms with van der Waals surface area (Å²) in [7, 11) is 3.26. The Balaban J connectivity index is 1.57. The van der Waals surface area contributed by atoms with Crippen molar-refractivity contribution in [2.75, 3.05) is 60.2 Å². The number of amides is 2. The molecule has 1 fully saturated rings. The smallest absolute Gasteiger partial charge is 0.262 e. The fraction of sp³-hybridized carbons (Fsp3) is 0.516. The minimum atomic E-state index is -0.283. The van der Waals surface area contributed by atoms with Crippen molar-refractivity contribution in [3.05, 3.63) is 59.7 Å². The van der Waals surface area contributed by atoms with Gasteiger partial charge < -0.3 is 19.1 Å². The summed E-state index contributed by atoms with van der Waals surface area (Å²) in [5.41, 5.74) is 2.53. The predicted octanol–water partition coefficient (Wildman–Crippen LogP) is 3.98. The van der Waals surface area contributed by atoms with Gasteiger partial charge in [-0.2, -0.15) is 5.10 Å². The third-order valence-electron chi connectivity index (χ3n) is 7.24. The van der Waals surface area contributed by atoms with E-state index in [1.54, 1.807) is 24.1 Å². The number of carbonyl (C=O) groups is 2. The van der Waals surface area contributed by atoms with Gasteiger partial charge in [-0.1, -0.05) is 32.9 Å². The number of hydrogen-bond donors (Lipinski definition) is 0. The second kappa shape index (κ2) is 13.3. The zero-order valence-corrected chi connectivity index (χ0v) is 24.4. The van der Waals surface area contributed by atoms with Crippen LogP contribution in [0.25, 0.3) is 0 Å². The molecule has 0 N–H and O–H groups in total. The molecule has 0 radical (unpaired) electrons. The van der Waals surface area contributed by atoms with Crippen LogP contribution in [0.5, 0.6) is 11.5 Å². The molecule has 1 saturated heterocycles. The molecule has 0 unspecified atom stereocenters. The molecule has 0 bridgehead atoms. The van der Waals surface area contributed by atoms with Crippen molar-refractivity contribution >= 4 is 17.5 Å². The zero-order chi connectivity index (χ0) is 28.7. The Hall–Kier alpha value is -3.43. The Morgan fingerprint density at radius 2 is 1.57 bits per heavy atom. The lowest BCUT2D eigenvalue weighted by atomic mass is 9.91. The van der Waals surface area contributed by atoms with Gasteiger partial charge in [0.2, 0.25) is 5.91 Å². The van der Waals surface area contributed by atoms with E-state index in [4.69, 9.17) is 19.3 Å². The van der Waals surface area contributed by atoms with Gasteiger partial charge >= 0.3 is 0 Å². The lowest BCUT2D eigenvalue weighted by molar-refractivity contribution is -0.142. The topological polar surface area (TPSA) is 83.9 Å². The van der Waals surface area contributed by atoms with Gasteiger partial charge in [0.25, 0.3) is 5.91 Å². The van der Waals surface area contributed by atoms with Gasteiger partial charge in [0, 0.05) is 39.0 Å².